The van der Waals surface area contributed by atoms with E-state index in [-0.39, 0.29) is 28.2 Å². The summed E-state index contributed by atoms with van der Waals surface area (Å²) in [6, 6.07) is 5.72. The number of carbonyl (C=O) groups excluding carboxylic acids is 1. The Balaban J connectivity index is 1.43. The number of hydrogen-bond donors (Lipinski definition) is 4. The Morgan fingerprint density at radius 2 is 1.97 bits per heavy atom. The number of phosphoric acid groups is 1. The highest BCUT2D eigenvalue weighted by Gasteiger charge is 2.45. The molecule has 1 aliphatic heterocycles. The molecule has 4 rings (SSSR count). The molecule has 0 spiro atoms. The molecule has 15 heteroatoms. The molecular formula is C17H18N6O8P-. The maximum atomic E-state index is 12.1. The molecule has 0 aliphatic carbocycles. The average Bonchev–Trinajstić information content (AvgIpc) is 3.29. The van der Waals surface area contributed by atoms with Crippen LogP contribution < -0.4 is 16.4 Å². The molecule has 170 valence electrons. The minimum absolute atomic E-state index is 0.0232. The second-order valence-electron chi connectivity index (χ2n) is 6.84. The van der Waals surface area contributed by atoms with Gasteiger partial charge in [0, 0.05) is 5.69 Å². The normalized spacial score (nSPS) is 25.0. The van der Waals surface area contributed by atoms with Gasteiger partial charge in [0.2, 0.25) is 0 Å². The number of nitrogen functional groups attached to an aromatic ring is 2. The van der Waals surface area contributed by atoms with Gasteiger partial charge in [-0.2, -0.15) is 0 Å². The van der Waals surface area contributed by atoms with E-state index < -0.39 is 44.9 Å². The number of anilines is 2. The molecule has 3 aromatic rings. The quantitative estimate of drug-likeness (QED) is 0.252. The van der Waals surface area contributed by atoms with Crippen LogP contribution in [-0.2, 0) is 18.3 Å². The van der Waals surface area contributed by atoms with Gasteiger partial charge in [0.1, 0.15) is 30.2 Å². The smallest absolute Gasteiger partial charge is 0.346 e. The van der Waals surface area contributed by atoms with Gasteiger partial charge in [0.05, 0.1) is 18.5 Å². The van der Waals surface area contributed by atoms with E-state index in [1.54, 1.807) is 6.07 Å². The van der Waals surface area contributed by atoms with Crippen LogP contribution in [0.1, 0.15) is 16.6 Å². The summed E-state index contributed by atoms with van der Waals surface area (Å²) in [5.41, 5.74) is 11.7. The SMILES string of the molecule is Nc1ccccc1C(=O)OP(=O)([O-])OC[C@H]1O[C@@H](n2cnc3c(N)ncnc32)[C@H](O)[C@@H]1O. The van der Waals surface area contributed by atoms with Gasteiger partial charge >= 0.3 is 13.8 Å². The predicted molar refractivity (Wildman–Crippen MR) is 105 cm³/mol. The molecule has 0 bridgehead atoms. The fraction of sp³-hybridized carbons (Fsp3) is 0.294. The molecular weight excluding hydrogens is 447 g/mol. The first kappa shape index (κ1) is 22.1. The van der Waals surface area contributed by atoms with Gasteiger partial charge in [-0.05, 0) is 12.1 Å². The van der Waals surface area contributed by atoms with Crippen molar-refractivity contribution < 1.29 is 38.3 Å². The number of imidazole rings is 1. The lowest BCUT2D eigenvalue weighted by Gasteiger charge is -2.24. The molecule has 2 aromatic heterocycles. The fourth-order valence-corrected chi connectivity index (χ4v) is 3.86. The van der Waals surface area contributed by atoms with Gasteiger partial charge in [-0.1, -0.05) is 12.1 Å². The number of phosphoric ester groups is 1. The summed E-state index contributed by atoms with van der Waals surface area (Å²) < 4.78 is 28.0. The van der Waals surface area contributed by atoms with E-state index in [0.717, 1.165) is 0 Å². The Kier molecular flexibility index (Phi) is 5.81. The van der Waals surface area contributed by atoms with E-state index in [2.05, 4.69) is 24.0 Å². The summed E-state index contributed by atoms with van der Waals surface area (Å²) in [7, 11) is -5.14. The van der Waals surface area contributed by atoms with Gasteiger partial charge < -0.3 is 40.4 Å². The lowest BCUT2D eigenvalue weighted by Crippen LogP contribution is -2.34. The Labute approximate surface area is 180 Å². The molecule has 1 unspecified atom stereocenters. The first-order chi connectivity index (χ1) is 15.2. The number of carbonyl (C=O) groups is 1. The summed E-state index contributed by atoms with van der Waals surface area (Å²) in [6.07, 6.45) is -2.99. The van der Waals surface area contributed by atoms with Crippen LogP contribution >= 0.6 is 7.82 Å². The molecule has 1 aromatic carbocycles. The van der Waals surface area contributed by atoms with Crippen molar-refractivity contribution in [3.63, 3.8) is 0 Å². The highest BCUT2D eigenvalue weighted by atomic mass is 31.2. The number of nitrogens with two attached hydrogens (primary N) is 2. The van der Waals surface area contributed by atoms with Crippen LogP contribution in [0.3, 0.4) is 0 Å². The predicted octanol–water partition coefficient (Wildman–Crippen LogP) is -1.05. The van der Waals surface area contributed by atoms with Gasteiger partial charge in [-0.3, -0.25) is 9.13 Å². The second kappa shape index (κ2) is 8.43. The number of fused-ring (bicyclic) bond motifs is 1. The van der Waals surface area contributed by atoms with Crippen LogP contribution in [-0.4, -0.2) is 60.6 Å². The van der Waals surface area contributed by atoms with Crippen LogP contribution in [0.15, 0.2) is 36.9 Å². The van der Waals surface area contributed by atoms with E-state index in [0.29, 0.717) is 0 Å². The molecule has 6 N–H and O–H groups in total. The van der Waals surface area contributed by atoms with Gasteiger partial charge in [0.15, 0.2) is 17.7 Å². The Morgan fingerprint density at radius 1 is 1.22 bits per heavy atom. The van der Waals surface area contributed by atoms with Gasteiger partial charge in [-0.15, -0.1) is 0 Å². The number of para-hydroxylation sites is 1. The number of aliphatic hydroxyl groups is 2. The van der Waals surface area contributed by atoms with Crippen LogP contribution in [0.4, 0.5) is 11.5 Å². The summed E-state index contributed by atoms with van der Waals surface area (Å²) >= 11 is 0. The van der Waals surface area contributed by atoms with Crippen LogP contribution in [0, 0.1) is 0 Å². The van der Waals surface area contributed by atoms with E-state index in [9.17, 15) is 24.5 Å². The molecule has 14 nitrogen and oxygen atoms in total. The van der Waals surface area contributed by atoms with Crippen molar-refractivity contribution in [2.75, 3.05) is 18.1 Å². The third-order valence-electron chi connectivity index (χ3n) is 4.77. The van der Waals surface area contributed by atoms with Crippen molar-refractivity contribution in [1.29, 1.82) is 0 Å². The molecule has 0 radical (unpaired) electrons. The van der Waals surface area contributed by atoms with Crippen molar-refractivity contribution in [2.24, 2.45) is 0 Å². The second-order valence-corrected chi connectivity index (χ2v) is 8.17. The average molecular weight is 465 g/mol. The maximum absolute atomic E-state index is 12.1. The van der Waals surface area contributed by atoms with E-state index in [4.69, 9.17) is 16.2 Å². The monoisotopic (exact) mass is 465 g/mol. The largest absolute Gasteiger partial charge is 0.746 e. The lowest BCUT2D eigenvalue weighted by atomic mass is 10.1. The van der Waals surface area contributed by atoms with Crippen LogP contribution in [0.2, 0.25) is 0 Å². The summed E-state index contributed by atoms with van der Waals surface area (Å²) in [5, 5.41) is 20.7. The zero-order valence-electron chi connectivity index (χ0n) is 16.2. The van der Waals surface area contributed by atoms with Crippen molar-refractivity contribution in [2.45, 2.75) is 24.5 Å². The van der Waals surface area contributed by atoms with Crippen molar-refractivity contribution >= 4 is 36.5 Å². The number of benzene rings is 1. The molecule has 1 fully saturated rings. The van der Waals surface area contributed by atoms with Crippen molar-refractivity contribution in [1.82, 2.24) is 19.5 Å². The van der Waals surface area contributed by atoms with E-state index >= 15 is 0 Å². The maximum Gasteiger partial charge on any atom is 0.346 e. The molecule has 1 saturated heterocycles. The summed E-state index contributed by atoms with van der Waals surface area (Å²) in [5.74, 6) is -1.12. The molecule has 3 heterocycles. The third-order valence-corrected chi connectivity index (χ3v) is 5.63. The number of hydrogen-bond acceptors (Lipinski definition) is 13. The zero-order valence-corrected chi connectivity index (χ0v) is 17.1. The molecule has 5 atom stereocenters. The van der Waals surface area contributed by atoms with Crippen LogP contribution in [0.5, 0.6) is 0 Å². The number of rotatable bonds is 6. The molecule has 1 aliphatic rings. The van der Waals surface area contributed by atoms with Crippen LogP contribution in [0.25, 0.3) is 11.2 Å². The highest BCUT2D eigenvalue weighted by molar-refractivity contribution is 7.46. The number of nitrogens with zero attached hydrogens (tertiary/aromatic N) is 4. The van der Waals surface area contributed by atoms with Crippen molar-refractivity contribution in [3.05, 3.63) is 42.5 Å². The summed E-state index contributed by atoms with van der Waals surface area (Å²) in [4.78, 5) is 36.0. The molecule has 0 saturated carbocycles. The van der Waals surface area contributed by atoms with Crippen molar-refractivity contribution in [3.8, 4) is 0 Å². The summed E-state index contributed by atoms with van der Waals surface area (Å²) in [6.45, 7) is -0.739. The fourth-order valence-electron chi connectivity index (χ4n) is 3.18. The molecule has 0 amide bonds. The Morgan fingerprint density at radius 3 is 2.72 bits per heavy atom. The minimum Gasteiger partial charge on any atom is -0.746 e. The first-order valence-corrected chi connectivity index (χ1v) is 10.6. The standard InChI is InChI=1S/C17H19N6O8P/c18-9-4-2-1-3-8(9)17(26)31-32(27,28)29-5-10-12(24)13(25)16(30-10)23-7-22-11-14(19)20-6-21-15(11)23/h1-4,6-7,10,12-13,16,24-25H,5,18H2,(H,27,28)(H2,19,20,21)/p-1/t10-,12-,13-,16-/m1/s1. The van der Waals surface area contributed by atoms with E-state index in [1.165, 1.54) is 35.4 Å². The Hall–Kier alpha value is -3.13. The van der Waals surface area contributed by atoms with Gasteiger partial charge in [-0.25, -0.2) is 19.7 Å². The Bertz CT molecular complexity index is 1200. The zero-order chi connectivity index (χ0) is 23.0. The topological polar surface area (TPSA) is 221 Å². The highest BCUT2D eigenvalue weighted by Crippen LogP contribution is 2.41. The minimum atomic E-state index is -5.14. The number of ether oxygens (including phenoxy) is 1. The first-order valence-electron chi connectivity index (χ1n) is 9.16. The number of aliphatic hydroxyl groups excluding tert-OH is 2. The van der Waals surface area contributed by atoms with Gasteiger partial charge in [0.25, 0.3) is 0 Å². The van der Waals surface area contributed by atoms with E-state index in [1.807, 2.05) is 0 Å². The molecule has 32 heavy (non-hydrogen) atoms. The number of aromatic nitrogens is 4. The third kappa shape index (κ3) is 4.14. The lowest BCUT2D eigenvalue weighted by molar-refractivity contribution is -0.222.